The molecule has 0 fully saturated rings. The first-order valence-electron chi connectivity index (χ1n) is 3.00. The van der Waals surface area contributed by atoms with Crippen molar-refractivity contribution < 1.29 is 0 Å². The lowest BCUT2D eigenvalue weighted by molar-refractivity contribution is 0.708. The number of aliphatic imine (C=N–C) groups is 1. The minimum absolute atomic E-state index is 0.857. The highest BCUT2D eigenvalue weighted by molar-refractivity contribution is 7.77. The third-order valence-corrected chi connectivity index (χ3v) is 1.52. The lowest BCUT2D eigenvalue weighted by atomic mass is 10.3. The quantitative estimate of drug-likeness (QED) is 0.548. The van der Waals surface area contributed by atoms with Gasteiger partial charge in [0.05, 0.1) is 6.54 Å². The van der Waals surface area contributed by atoms with E-state index in [1.807, 2.05) is 10.5 Å². The second kappa shape index (κ2) is 2.92. The van der Waals surface area contributed by atoms with E-state index in [4.69, 9.17) is 0 Å². The Balaban J connectivity index is 2.55. The van der Waals surface area contributed by atoms with Gasteiger partial charge in [-0.05, 0) is 6.42 Å². The average Bonchev–Trinajstić information content (AvgIpc) is 1.88. The Kier molecular flexibility index (Phi) is 2.16. The van der Waals surface area contributed by atoms with Crippen LogP contribution >= 0.6 is 12.8 Å². The van der Waals surface area contributed by atoms with E-state index in [1.165, 1.54) is 5.71 Å². The number of thiol groups is 1. The van der Waals surface area contributed by atoms with Crippen LogP contribution in [0.2, 0.25) is 0 Å². The minimum Gasteiger partial charge on any atom is -0.319 e. The highest BCUT2D eigenvalue weighted by atomic mass is 32.1. The van der Waals surface area contributed by atoms with E-state index in [9.17, 15) is 0 Å². The minimum atomic E-state index is 0.857. The van der Waals surface area contributed by atoms with Gasteiger partial charge in [-0.25, -0.2) is 0 Å². The number of hydrogen-bond donors (Lipinski definition) is 1. The summed E-state index contributed by atoms with van der Waals surface area (Å²) in [7, 11) is 0. The van der Waals surface area contributed by atoms with Crippen LogP contribution in [0.3, 0.4) is 0 Å². The molecule has 0 amide bonds. The molecule has 0 atom stereocenters. The Morgan fingerprint density at radius 3 is 3.11 bits per heavy atom. The first kappa shape index (κ1) is 6.68. The molecule has 0 unspecified atom stereocenters. The Hall–Kier alpha value is -0.440. The van der Waals surface area contributed by atoms with Gasteiger partial charge in [0.2, 0.25) is 0 Å². The molecule has 1 rings (SSSR count). The smallest absolute Gasteiger partial charge is 0.0670 e. The SMILES string of the molecule is CCC1=NC=CN(S)C1. The summed E-state index contributed by atoms with van der Waals surface area (Å²) >= 11 is 4.14. The highest BCUT2D eigenvalue weighted by Gasteiger charge is 2.01. The second-order valence-corrected chi connectivity index (χ2v) is 2.46. The van der Waals surface area contributed by atoms with Crippen LogP contribution in [0.5, 0.6) is 0 Å². The third-order valence-electron chi connectivity index (χ3n) is 1.25. The van der Waals surface area contributed by atoms with Gasteiger partial charge in [-0.3, -0.25) is 4.99 Å². The van der Waals surface area contributed by atoms with Crippen molar-refractivity contribution in [3.8, 4) is 0 Å². The molecule has 0 radical (unpaired) electrons. The molecular formula is C6H10N2S. The highest BCUT2D eigenvalue weighted by Crippen LogP contribution is 2.03. The molecule has 0 aliphatic carbocycles. The molecule has 9 heavy (non-hydrogen) atoms. The molecule has 2 nitrogen and oxygen atoms in total. The van der Waals surface area contributed by atoms with Gasteiger partial charge >= 0.3 is 0 Å². The monoisotopic (exact) mass is 142 g/mol. The molecule has 1 heterocycles. The van der Waals surface area contributed by atoms with E-state index in [-0.39, 0.29) is 0 Å². The van der Waals surface area contributed by atoms with E-state index in [0.717, 1.165) is 13.0 Å². The van der Waals surface area contributed by atoms with Gasteiger partial charge in [-0.15, -0.1) is 0 Å². The molecular weight excluding hydrogens is 132 g/mol. The van der Waals surface area contributed by atoms with Crippen molar-refractivity contribution in [3.05, 3.63) is 12.4 Å². The van der Waals surface area contributed by atoms with Crippen LogP contribution in [-0.4, -0.2) is 16.6 Å². The Labute approximate surface area is 60.8 Å². The molecule has 0 N–H and O–H groups in total. The molecule has 0 saturated heterocycles. The Morgan fingerprint density at radius 2 is 2.67 bits per heavy atom. The van der Waals surface area contributed by atoms with E-state index in [2.05, 4.69) is 24.7 Å². The van der Waals surface area contributed by atoms with Crippen molar-refractivity contribution in [2.45, 2.75) is 13.3 Å². The number of rotatable bonds is 1. The fourth-order valence-corrected chi connectivity index (χ4v) is 0.922. The van der Waals surface area contributed by atoms with Gasteiger partial charge in [-0.1, -0.05) is 19.7 Å². The summed E-state index contributed by atoms with van der Waals surface area (Å²) in [6, 6.07) is 0. The predicted molar refractivity (Wildman–Crippen MR) is 42.6 cm³/mol. The van der Waals surface area contributed by atoms with Crippen LogP contribution in [0.4, 0.5) is 0 Å². The summed E-state index contributed by atoms with van der Waals surface area (Å²) in [5.41, 5.74) is 1.19. The zero-order valence-corrected chi connectivity index (χ0v) is 6.30. The third kappa shape index (κ3) is 1.75. The summed E-state index contributed by atoms with van der Waals surface area (Å²) in [6.45, 7) is 2.95. The van der Waals surface area contributed by atoms with Gasteiger partial charge in [-0.2, -0.15) is 0 Å². The van der Waals surface area contributed by atoms with Crippen LogP contribution in [0.15, 0.2) is 17.4 Å². The first-order valence-corrected chi connectivity index (χ1v) is 3.40. The van der Waals surface area contributed by atoms with Crippen molar-refractivity contribution in [2.24, 2.45) is 4.99 Å². The molecule has 0 aromatic rings. The summed E-state index contributed by atoms with van der Waals surface area (Å²) < 4.78 is 1.83. The Morgan fingerprint density at radius 1 is 1.89 bits per heavy atom. The lowest BCUT2D eigenvalue weighted by Gasteiger charge is -2.15. The molecule has 0 aromatic heterocycles. The zero-order valence-electron chi connectivity index (χ0n) is 5.41. The molecule has 0 bridgehead atoms. The fourth-order valence-electron chi connectivity index (χ4n) is 0.699. The van der Waals surface area contributed by atoms with Gasteiger partial charge < -0.3 is 4.31 Å². The second-order valence-electron chi connectivity index (χ2n) is 1.94. The van der Waals surface area contributed by atoms with Gasteiger partial charge in [0.25, 0.3) is 0 Å². The van der Waals surface area contributed by atoms with Crippen molar-refractivity contribution in [2.75, 3.05) is 6.54 Å². The summed E-state index contributed by atoms with van der Waals surface area (Å²) in [5, 5.41) is 0. The number of nitrogens with zero attached hydrogens (tertiary/aromatic N) is 2. The lowest BCUT2D eigenvalue weighted by Crippen LogP contribution is -2.18. The van der Waals surface area contributed by atoms with E-state index < -0.39 is 0 Å². The maximum Gasteiger partial charge on any atom is 0.0670 e. The maximum atomic E-state index is 4.14. The molecule has 1 aliphatic rings. The van der Waals surface area contributed by atoms with Crippen LogP contribution in [0.1, 0.15) is 13.3 Å². The normalized spacial score (nSPS) is 18.0. The van der Waals surface area contributed by atoms with Crippen LogP contribution in [-0.2, 0) is 0 Å². The summed E-state index contributed by atoms with van der Waals surface area (Å²) in [4.78, 5) is 4.14. The average molecular weight is 142 g/mol. The molecule has 3 heteroatoms. The molecule has 0 aromatic carbocycles. The topological polar surface area (TPSA) is 15.6 Å². The molecule has 0 saturated carbocycles. The summed E-state index contributed by atoms with van der Waals surface area (Å²) in [6.07, 6.45) is 4.64. The van der Waals surface area contributed by atoms with Crippen LogP contribution in [0.25, 0.3) is 0 Å². The Bertz CT molecular complexity index is 151. The van der Waals surface area contributed by atoms with Crippen molar-refractivity contribution in [1.29, 1.82) is 0 Å². The van der Waals surface area contributed by atoms with Gasteiger partial charge in [0.1, 0.15) is 0 Å². The predicted octanol–water partition coefficient (Wildman–Crippen LogP) is 1.47. The first-order chi connectivity index (χ1) is 4.33. The largest absolute Gasteiger partial charge is 0.319 e. The fraction of sp³-hybridized carbons (Fsp3) is 0.500. The van der Waals surface area contributed by atoms with E-state index in [1.54, 1.807) is 6.20 Å². The maximum absolute atomic E-state index is 4.14. The van der Waals surface area contributed by atoms with Gasteiger partial charge in [0, 0.05) is 18.1 Å². The van der Waals surface area contributed by atoms with E-state index in [0.29, 0.717) is 0 Å². The van der Waals surface area contributed by atoms with Gasteiger partial charge in [0.15, 0.2) is 0 Å². The van der Waals surface area contributed by atoms with Crippen molar-refractivity contribution in [3.63, 3.8) is 0 Å². The van der Waals surface area contributed by atoms with Crippen LogP contribution < -0.4 is 0 Å². The summed E-state index contributed by atoms with van der Waals surface area (Å²) in [5.74, 6) is 0. The standard InChI is InChI=1S/C6H10N2S/c1-2-6-5-8(9)4-3-7-6/h3-4,9H,2,5H2,1H3. The zero-order chi connectivity index (χ0) is 6.69. The molecule has 1 aliphatic heterocycles. The van der Waals surface area contributed by atoms with Crippen LogP contribution in [0, 0.1) is 0 Å². The van der Waals surface area contributed by atoms with E-state index >= 15 is 0 Å². The van der Waals surface area contributed by atoms with Crippen molar-refractivity contribution >= 4 is 18.5 Å². The molecule has 50 valence electrons. The molecule has 0 spiro atoms. The number of hydrogen-bond acceptors (Lipinski definition) is 3. The van der Waals surface area contributed by atoms with Crippen molar-refractivity contribution in [1.82, 2.24) is 4.31 Å².